The third-order valence-electron chi connectivity index (χ3n) is 16.2. The van der Waals surface area contributed by atoms with Crippen LogP contribution in [0.4, 0.5) is 34.1 Å². The average molecular weight is 791 g/mol. The Balaban J connectivity index is 1.32. The standard InChI is InChI=1S/C56H63BN2O/c1-32-29-38-43(55(12,13)26-25-54(38,10)11)45-47(32)59-41-31-34(52(5,6)7)30-40-46(41)57(39-24-23-37-44(49(39)59)56(45,14)28-27-53(37,8)9)50-48(36-17-15-16-18-42(36)60-50)58(40)35-21-19-33(20-22-35)51(2,3)4/h15-24,29-31H,25-28H2,1-14H3. The van der Waals surface area contributed by atoms with Crippen molar-refractivity contribution < 1.29 is 4.42 Å². The van der Waals surface area contributed by atoms with Gasteiger partial charge in [-0.3, -0.25) is 0 Å². The predicted molar refractivity (Wildman–Crippen MR) is 256 cm³/mol. The van der Waals surface area contributed by atoms with Crippen molar-refractivity contribution in [1.29, 1.82) is 0 Å². The van der Waals surface area contributed by atoms with Crippen molar-refractivity contribution in [2.24, 2.45) is 0 Å². The van der Waals surface area contributed by atoms with E-state index in [9.17, 15) is 0 Å². The maximum Gasteiger partial charge on any atom is 0.297 e. The highest BCUT2D eigenvalue weighted by Gasteiger charge is 2.57. The highest BCUT2D eigenvalue weighted by molar-refractivity contribution is 7.00. The number of hydrogen-bond acceptors (Lipinski definition) is 3. The van der Waals surface area contributed by atoms with Crippen LogP contribution in [-0.2, 0) is 32.5 Å². The lowest BCUT2D eigenvalue weighted by atomic mass is 9.34. The summed E-state index contributed by atoms with van der Waals surface area (Å²) in [7, 11) is 0. The first kappa shape index (κ1) is 38.2. The van der Waals surface area contributed by atoms with E-state index >= 15 is 0 Å². The van der Waals surface area contributed by atoms with E-state index in [0.29, 0.717) is 0 Å². The summed E-state index contributed by atoms with van der Waals surface area (Å²) in [6.07, 6.45) is 4.70. The molecule has 306 valence electrons. The summed E-state index contributed by atoms with van der Waals surface area (Å²) in [5.41, 5.74) is 24.5. The van der Waals surface area contributed by atoms with Crippen LogP contribution in [0, 0.1) is 6.92 Å². The van der Waals surface area contributed by atoms with Crippen LogP contribution in [-0.4, -0.2) is 6.71 Å². The van der Waals surface area contributed by atoms with Crippen molar-refractivity contribution in [3.8, 4) is 0 Å². The fraction of sp³-hybridized carbons (Fsp3) is 0.429. The molecule has 4 heterocycles. The smallest absolute Gasteiger partial charge is 0.297 e. The van der Waals surface area contributed by atoms with E-state index in [1.165, 1.54) is 85.5 Å². The number of rotatable bonds is 1. The molecule has 4 heteroatoms. The third-order valence-corrected chi connectivity index (χ3v) is 16.2. The Kier molecular flexibility index (Phi) is 7.40. The fourth-order valence-electron chi connectivity index (χ4n) is 12.5. The molecule has 1 atom stereocenters. The van der Waals surface area contributed by atoms with E-state index < -0.39 is 0 Å². The van der Waals surface area contributed by atoms with E-state index in [4.69, 9.17) is 4.42 Å². The van der Waals surface area contributed by atoms with E-state index in [1.54, 1.807) is 22.3 Å². The molecule has 11 rings (SSSR count). The molecular formula is C56H63BN2O. The first-order valence-corrected chi connectivity index (χ1v) is 22.8. The van der Waals surface area contributed by atoms with Gasteiger partial charge in [-0.05, 0) is 152 Å². The van der Waals surface area contributed by atoms with Gasteiger partial charge in [-0.2, -0.15) is 0 Å². The van der Waals surface area contributed by atoms with Gasteiger partial charge >= 0.3 is 0 Å². The number of furan rings is 1. The lowest BCUT2D eigenvalue weighted by Crippen LogP contribution is -2.62. The van der Waals surface area contributed by atoms with Gasteiger partial charge in [-0.25, -0.2) is 0 Å². The molecule has 3 aliphatic heterocycles. The monoisotopic (exact) mass is 791 g/mol. The zero-order valence-electron chi connectivity index (χ0n) is 38.7. The van der Waals surface area contributed by atoms with Gasteiger partial charge in [0.25, 0.3) is 6.71 Å². The molecule has 3 nitrogen and oxygen atoms in total. The third kappa shape index (κ3) is 4.86. The second-order valence-corrected chi connectivity index (χ2v) is 23.6. The van der Waals surface area contributed by atoms with E-state index in [0.717, 1.165) is 24.1 Å². The predicted octanol–water partition coefficient (Wildman–Crippen LogP) is 13.5. The van der Waals surface area contributed by atoms with Crippen molar-refractivity contribution in [3.05, 3.63) is 123 Å². The molecule has 0 amide bonds. The van der Waals surface area contributed by atoms with Gasteiger partial charge in [0.15, 0.2) is 0 Å². The molecule has 0 radical (unpaired) electrons. The molecule has 6 aromatic rings. The number of anilines is 6. The Labute approximate surface area is 359 Å². The Morgan fingerprint density at radius 3 is 1.87 bits per heavy atom. The van der Waals surface area contributed by atoms with E-state index in [1.807, 2.05) is 0 Å². The van der Waals surface area contributed by atoms with Crippen LogP contribution in [0.5, 0.6) is 0 Å². The topological polar surface area (TPSA) is 19.6 Å². The first-order chi connectivity index (χ1) is 28.0. The summed E-state index contributed by atoms with van der Waals surface area (Å²) < 4.78 is 7.27. The first-order valence-electron chi connectivity index (χ1n) is 22.8. The highest BCUT2D eigenvalue weighted by atomic mass is 16.3. The van der Waals surface area contributed by atoms with Gasteiger partial charge in [-0.1, -0.05) is 132 Å². The molecule has 60 heavy (non-hydrogen) atoms. The number of benzene rings is 5. The quantitative estimate of drug-likeness (QED) is 0.154. The molecule has 1 aromatic heterocycles. The van der Waals surface area contributed by atoms with E-state index in [-0.39, 0.29) is 39.2 Å². The van der Waals surface area contributed by atoms with Crippen molar-refractivity contribution in [3.63, 3.8) is 0 Å². The lowest BCUT2D eigenvalue weighted by Gasteiger charge is -2.57. The number of para-hydroxylation sites is 1. The van der Waals surface area contributed by atoms with E-state index in [2.05, 4.69) is 186 Å². The summed E-state index contributed by atoms with van der Waals surface area (Å²) in [5, 5.41) is 1.17. The van der Waals surface area contributed by atoms with Crippen LogP contribution in [0.1, 0.15) is 160 Å². The zero-order chi connectivity index (χ0) is 42.4. The maximum absolute atomic E-state index is 7.27. The summed E-state index contributed by atoms with van der Waals surface area (Å²) in [6, 6.07) is 30.9. The van der Waals surface area contributed by atoms with Gasteiger partial charge in [-0.15, -0.1) is 0 Å². The normalized spacial score (nSPS) is 21.3. The molecular weight excluding hydrogens is 727 g/mol. The van der Waals surface area contributed by atoms with Crippen LogP contribution in [0.2, 0.25) is 0 Å². The van der Waals surface area contributed by atoms with Crippen molar-refractivity contribution in [1.82, 2.24) is 0 Å². The molecule has 2 aliphatic carbocycles. The highest BCUT2D eigenvalue weighted by Crippen LogP contribution is 2.65. The van der Waals surface area contributed by atoms with Crippen LogP contribution >= 0.6 is 0 Å². The molecule has 0 saturated carbocycles. The Hall–Kier alpha value is -4.70. The minimum atomic E-state index is -0.142. The lowest BCUT2D eigenvalue weighted by molar-refractivity contribution is 0.311. The number of hydrogen-bond donors (Lipinski definition) is 0. The van der Waals surface area contributed by atoms with Gasteiger partial charge in [0.1, 0.15) is 5.58 Å². The van der Waals surface area contributed by atoms with Gasteiger partial charge in [0, 0.05) is 33.6 Å². The van der Waals surface area contributed by atoms with Crippen molar-refractivity contribution in [2.45, 2.75) is 155 Å². The molecule has 1 unspecified atom stereocenters. The molecule has 0 fully saturated rings. The average Bonchev–Trinajstić information content (AvgIpc) is 3.56. The van der Waals surface area contributed by atoms with Crippen LogP contribution in [0.3, 0.4) is 0 Å². The van der Waals surface area contributed by atoms with Crippen LogP contribution in [0.25, 0.3) is 11.0 Å². The maximum atomic E-state index is 7.27. The summed E-state index contributed by atoms with van der Waals surface area (Å²) >= 11 is 0. The molecule has 5 aliphatic rings. The van der Waals surface area contributed by atoms with Crippen molar-refractivity contribution >= 4 is 68.4 Å². The SMILES string of the molecule is Cc1cc2c(c3c1N1c4cc(C(C)(C)C)cc5c4B(c4ccc6c(c41)C3(C)CCC6(C)C)c1oc3ccccc3c1N5c1ccc(C(C)(C)C)cc1)C(C)(C)CCC2(C)C. The summed E-state index contributed by atoms with van der Waals surface area (Å²) in [5.74, 6) is 0. The second kappa shape index (κ2) is 11.6. The summed E-state index contributed by atoms with van der Waals surface area (Å²) in [6.45, 7) is 34.2. The molecule has 0 spiro atoms. The molecule has 0 saturated heterocycles. The van der Waals surface area contributed by atoms with Gasteiger partial charge < -0.3 is 14.2 Å². The Bertz CT molecular complexity index is 2850. The van der Waals surface area contributed by atoms with Crippen molar-refractivity contribution in [2.75, 3.05) is 9.80 Å². The van der Waals surface area contributed by atoms with Gasteiger partial charge in [0.2, 0.25) is 0 Å². The number of fused-ring (bicyclic) bond motifs is 11. The molecule has 5 aromatic carbocycles. The minimum Gasteiger partial charge on any atom is -0.468 e. The zero-order valence-corrected chi connectivity index (χ0v) is 38.7. The molecule has 0 N–H and O–H groups in total. The number of aryl methyl sites for hydroxylation is 1. The van der Waals surface area contributed by atoms with Crippen LogP contribution < -0.4 is 26.4 Å². The van der Waals surface area contributed by atoms with Crippen LogP contribution in [0.15, 0.2) is 83.3 Å². The Morgan fingerprint density at radius 1 is 0.567 bits per heavy atom. The Morgan fingerprint density at radius 2 is 1.18 bits per heavy atom. The number of nitrogens with zero attached hydrogens (tertiary/aromatic N) is 2. The largest absolute Gasteiger partial charge is 0.468 e. The second-order valence-electron chi connectivity index (χ2n) is 23.6. The summed E-state index contributed by atoms with van der Waals surface area (Å²) in [4.78, 5) is 5.37. The minimum absolute atomic E-state index is 0.0531. The fourth-order valence-corrected chi connectivity index (χ4v) is 12.5. The molecule has 0 bridgehead atoms. The van der Waals surface area contributed by atoms with Gasteiger partial charge in [0.05, 0.1) is 17.0 Å².